The van der Waals surface area contributed by atoms with Gasteiger partial charge in [-0.1, -0.05) is 6.07 Å². The number of carbonyl (C=O) groups is 1. The van der Waals surface area contributed by atoms with Gasteiger partial charge >= 0.3 is 5.69 Å². The number of nitrogens with zero attached hydrogens (tertiary/aromatic N) is 3. The van der Waals surface area contributed by atoms with E-state index in [2.05, 4.69) is 10.4 Å². The highest BCUT2D eigenvalue weighted by Crippen LogP contribution is 2.28. The minimum absolute atomic E-state index is 0.0202. The van der Waals surface area contributed by atoms with E-state index in [0.717, 1.165) is 5.69 Å². The van der Waals surface area contributed by atoms with Crippen LogP contribution >= 0.6 is 11.3 Å². The minimum atomic E-state index is -0.626. The van der Waals surface area contributed by atoms with E-state index in [1.165, 1.54) is 34.4 Å². The number of nitro benzene ring substituents is 1. The monoisotopic (exact) mass is 307 g/mol. The first kappa shape index (κ1) is 14.9. The highest BCUT2D eigenvalue weighted by Gasteiger charge is 2.26. The molecule has 0 saturated carbocycles. The number of carbonyl (C=O) groups excluding carboxylic acids is 1. The van der Waals surface area contributed by atoms with Crippen LogP contribution in [0.25, 0.3) is 0 Å². The van der Waals surface area contributed by atoms with E-state index in [1.807, 2.05) is 5.38 Å². The van der Waals surface area contributed by atoms with Crippen molar-refractivity contribution in [3.8, 4) is 0 Å². The van der Waals surface area contributed by atoms with Crippen LogP contribution in [0, 0.1) is 10.1 Å². The molecule has 0 saturated heterocycles. The van der Waals surface area contributed by atoms with Gasteiger partial charge in [-0.3, -0.25) is 20.8 Å². The molecule has 1 aromatic carbocycles. The van der Waals surface area contributed by atoms with Crippen LogP contribution in [0.5, 0.6) is 0 Å². The summed E-state index contributed by atoms with van der Waals surface area (Å²) in [5.74, 6) is 4.79. The molecule has 0 aliphatic rings. The minimum Gasteiger partial charge on any atom is -0.336 e. The maximum atomic E-state index is 12.4. The highest BCUT2D eigenvalue weighted by atomic mass is 32.1. The van der Waals surface area contributed by atoms with Gasteiger partial charge in [-0.15, -0.1) is 11.3 Å². The number of anilines is 1. The molecule has 1 aromatic heterocycles. The third-order valence-corrected chi connectivity index (χ3v) is 3.47. The molecule has 1 heterocycles. The van der Waals surface area contributed by atoms with Gasteiger partial charge in [-0.05, 0) is 12.1 Å². The van der Waals surface area contributed by atoms with Crippen LogP contribution in [0.3, 0.4) is 0 Å². The van der Waals surface area contributed by atoms with E-state index in [9.17, 15) is 14.9 Å². The third-order valence-electron chi connectivity index (χ3n) is 2.83. The Bertz CT molecular complexity index is 659. The number of aromatic nitrogens is 1. The van der Waals surface area contributed by atoms with Gasteiger partial charge in [0, 0.05) is 12.4 Å². The summed E-state index contributed by atoms with van der Waals surface area (Å²) in [5.41, 5.74) is 4.36. The van der Waals surface area contributed by atoms with Crippen LogP contribution in [0.15, 0.2) is 29.1 Å². The lowest BCUT2D eigenvalue weighted by atomic mass is 10.1. The molecule has 0 atom stereocenters. The van der Waals surface area contributed by atoms with Gasteiger partial charge < -0.3 is 10.3 Å². The van der Waals surface area contributed by atoms with Crippen molar-refractivity contribution in [2.75, 3.05) is 12.5 Å². The molecule has 0 spiro atoms. The van der Waals surface area contributed by atoms with Crippen LogP contribution in [0.4, 0.5) is 11.4 Å². The summed E-state index contributed by atoms with van der Waals surface area (Å²) in [6.45, 7) is 0.278. The number of para-hydroxylation sites is 1. The van der Waals surface area contributed by atoms with Gasteiger partial charge in [0.15, 0.2) is 0 Å². The van der Waals surface area contributed by atoms with Crippen molar-refractivity contribution in [1.29, 1.82) is 0 Å². The Balaban J connectivity index is 2.32. The number of nitrogens with one attached hydrogen (secondary N) is 1. The first-order chi connectivity index (χ1) is 10.0. The van der Waals surface area contributed by atoms with Crippen molar-refractivity contribution in [1.82, 2.24) is 9.88 Å². The molecule has 0 radical (unpaired) electrons. The Morgan fingerprint density at radius 1 is 1.57 bits per heavy atom. The molecule has 0 fully saturated rings. The number of amides is 1. The molecular formula is C12H13N5O3S. The fraction of sp³-hybridized carbons (Fsp3) is 0.167. The van der Waals surface area contributed by atoms with E-state index >= 15 is 0 Å². The summed E-state index contributed by atoms with van der Waals surface area (Å²) in [6, 6.07) is 4.38. The molecule has 3 N–H and O–H groups in total. The summed E-state index contributed by atoms with van der Waals surface area (Å²) >= 11 is 1.42. The van der Waals surface area contributed by atoms with E-state index in [0.29, 0.717) is 0 Å². The molecule has 21 heavy (non-hydrogen) atoms. The van der Waals surface area contributed by atoms with E-state index in [4.69, 9.17) is 5.84 Å². The van der Waals surface area contributed by atoms with Gasteiger partial charge in [-0.2, -0.15) is 0 Å². The Hall–Kier alpha value is -2.52. The molecule has 110 valence electrons. The average molecular weight is 307 g/mol. The Morgan fingerprint density at radius 3 is 2.90 bits per heavy atom. The predicted molar refractivity (Wildman–Crippen MR) is 78.8 cm³/mol. The Morgan fingerprint density at radius 2 is 2.33 bits per heavy atom. The lowest BCUT2D eigenvalue weighted by Gasteiger charge is -2.16. The second-order valence-corrected chi connectivity index (χ2v) is 4.96. The molecule has 0 bridgehead atoms. The maximum Gasteiger partial charge on any atom is 0.306 e. The number of hydrazine groups is 1. The van der Waals surface area contributed by atoms with Gasteiger partial charge in [0.2, 0.25) is 0 Å². The summed E-state index contributed by atoms with van der Waals surface area (Å²) in [6.07, 6.45) is 0. The molecule has 1 amide bonds. The lowest BCUT2D eigenvalue weighted by molar-refractivity contribution is -0.384. The number of nitro groups is 1. The smallest absolute Gasteiger partial charge is 0.306 e. The third kappa shape index (κ3) is 3.15. The maximum absolute atomic E-state index is 12.4. The highest BCUT2D eigenvalue weighted by molar-refractivity contribution is 7.07. The fourth-order valence-corrected chi connectivity index (χ4v) is 2.41. The van der Waals surface area contributed by atoms with Crippen molar-refractivity contribution >= 4 is 28.6 Å². The zero-order chi connectivity index (χ0) is 15.4. The molecule has 2 aromatic rings. The first-order valence-corrected chi connectivity index (χ1v) is 6.85. The van der Waals surface area contributed by atoms with Crippen molar-refractivity contribution in [3.63, 3.8) is 0 Å². The Kier molecular flexibility index (Phi) is 4.45. The summed E-state index contributed by atoms with van der Waals surface area (Å²) < 4.78 is 0. The van der Waals surface area contributed by atoms with Crippen molar-refractivity contribution in [3.05, 3.63) is 50.5 Å². The van der Waals surface area contributed by atoms with Crippen LogP contribution < -0.4 is 11.3 Å². The largest absolute Gasteiger partial charge is 0.336 e. The number of benzene rings is 1. The van der Waals surface area contributed by atoms with Crippen LogP contribution in [-0.4, -0.2) is 27.8 Å². The standard InChI is InChI=1S/C12H13N5O3S/c1-16(5-8-6-21-7-14-8)12(18)9-3-2-4-10(15-13)11(9)17(19)20/h2-4,6-7,15H,5,13H2,1H3. The quantitative estimate of drug-likeness (QED) is 0.492. The van der Waals surface area contributed by atoms with Crippen molar-refractivity contribution in [2.24, 2.45) is 5.84 Å². The molecule has 8 nitrogen and oxygen atoms in total. The zero-order valence-electron chi connectivity index (χ0n) is 11.1. The van der Waals surface area contributed by atoms with Crippen molar-refractivity contribution in [2.45, 2.75) is 6.54 Å². The number of thiazole rings is 1. The molecular weight excluding hydrogens is 294 g/mol. The van der Waals surface area contributed by atoms with E-state index in [1.54, 1.807) is 12.6 Å². The van der Waals surface area contributed by atoms with E-state index in [-0.39, 0.29) is 23.5 Å². The number of rotatable bonds is 5. The topological polar surface area (TPSA) is 114 Å². The lowest BCUT2D eigenvalue weighted by Crippen LogP contribution is -2.27. The molecule has 0 aliphatic carbocycles. The zero-order valence-corrected chi connectivity index (χ0v) is 12.0. The summed E-state index contributed by atoms with van der Waals surface area (Å²) in [5, 5.41) is 13.0. The average Bonchev–Trinajstić information content (AvgIpc) is 2.98. The van der Waals surface area contributed by atoms with Gasteiger partial charge in [-0.25, -0.2) is 4.98 Å². The molecule has 9 heteroatoms. The second-order valence-electron chi connectivity index (χ2n) is 4.24. The van der Waals surface area contributed by atoms with Crippen molar-refractivity contribution < 1.29 is 9.72 Å². The number of hydrogen-bond donors (Lipinski definition) is 2. The second kappa shape index (κ2) is 6.29. The van der Waals surface area contributed by atoms with E-state index < -0.39 is 10.8 Å². The number of hydrogen-bond acceptors (Lipinski definition) is 7. The van der Waals surface area contributed by atoms with Crippen LogP contribution in [0.2, 0.25) is 0 Å². The molecule has 0 unspecified atom stereocenters. The first-order valence-electron chi connectivity index (χ1n) is 5.91. The van der Waals surface area contributed by atoms with Gasteiger partial charge in [0.05, 0.1) is 22.7 Å². The summed E-state index contributed by atoms with van der Waals surface area (Å²) in [7, 11) is 1.56. The summed E-state index contributed by atoms with van der Waals surface area (Å²) in [4.78, 5) is 28.4. The number of nitrogen functional groups attached to an aromatic ring is 1. The van der Waals surface area contributed by atoms with Crippen LogP contribution in [-0.2, 0) is 6.54 Å². The SMILES string of the molecule is CN(Cc1cscn1)C(=O)c1cccc(NN)c1[N+](=O)[O-]. The van der Waals surface area contributed by atoms with Crippen LogP contribution in [0.1, 0.15) is 16.1 Å². The fourth-order valence-electron chi connectivity index (χ4n) is 1.87. The molecule has 2 rings (SSSR count). The Labute approximate surface area is 124 Å². The molecule has 0 aliphatic heterocycles. The predicted octanol–water partition coefficient (Wildman–Crippen LogP) is 1.61. The number of nitrogens with two attached hydrogens (primary N) is 1. The normalized spacial score (nSPS) is 10.2. The van der Waals surface area contributed by atoms with Gasteiger partial charge in [0.1, 0.15) is 11.3 Å². The van der Waals surface area contributed by atoms with Gasteiger partial charge in [0.25, 0.3) is 5.91 Å².